The highest BCUT2D eigenvalue weighted by Gasteiger charge is 2.24. The van der Waals surface area contributed by atoms with Crippen LogP contribution in [0.3, 0.4) is 0 Å². The van der Waals surface area contributed by atoms with Crippen molar-refractivity contribution in [3.8, 4) is 11.6 Å². The van der Waals surface area contributed by atoms with E-state index in [0.29, 0.717) is 31.4 Å². The zero-order chi connectivity index (χ0) is 20.9. The van der Waals surface area contributed by atoms with Gasteiger partial charge < -0.3 is 19.7 Å². The Morgan fingerprint density at radius 1 is 1.13 bits per heavy atom. The molecule has 1 aromatic heterocycles. The van der Waals surface area contributed by atoms with Gasteiger partial charge in [-0.25, -0.2) is 9.78 Å². The van der Waals surface area contributed by atoms with Crippen LogP contribution in [0.5, 0.6) is 11.6 Å². The maximum atomic E-state index is 12.5. The van der Waals surface area contributed by atoms with E-state index in [-0.39, 0.29) is 12.1 Å². The fraction of sp³-hybridized carbons (Fsp3) is 0.500. The predicted octanol–water partition coefficient (Wildman–Crippen LogP) is 4.24. The van der Waals surface area contributed by atoms with E-state index in [1.165, 1.54) is 18.4 Å². The summed E-state index contributed by atoms with van der Waals surface area (Å²) >= 11 is 0. The van der Waals surface area contributed by atoms with Crippen molar-refractivity contribution in [1.29, 1.82) is 0 Å². The first-order valence-corrected chi connectivity index (χ1v) is 10.9. The number of nitrogens with one attached hydrogen (secondary N) is 1. The van der Waals surface area contributed by atoms with E-state index in [1.807, 2.05) is 17.0 Å². The summed E-state index contributed by atoms with van der Waals surface area (Å²) in [5.74, 6) is 2.32. The molecule has 1 saturated heterocycles. The quantitative estimate of drug-likeness (QED) is 0.743. The number of piperidine rings is 1. The van der Waals surface area contributed by atoms with Crippen molar-refractivity contribution in [2.75, 3.05) is 19.7 Å². The van der Waals surface area contributed by atoms with Gasteiger partial charge in [0.25, 0.3) is 0 Å². The number of ether oxygens (including phenoxy) is 2. The van der Waals surface area contributed by atoms with Crippen LogP contribution in [0.15, 0.2) is 36.5 Å². The normalized spacial score (nSPS) is 16.9. The van der Waals surface area contributed by atoms with Gasteiger partial charge >= 0.3 is 6.03 Å². The summed E-state index contributed by atoms with van der Waals surface area (Å²) in [6, 6.07) is 10.1. The molecule has 2 aromatic rings. The molecule has 0 unspecified atom stereocenters. The summed E-state index contributed by atoms with van der Waals surface area (Å²) in [7, 11) is 0. The van der Waals surface area contributed by atoms with Gasteiger partial charge in [-0.05, 0) is 55.4 Å². The van der Waals surface area contributed by atoms with Gasteiger partial charge in [0.1, 0.15) is 11.9 Å². The maximum Gasteiger partial charge on any atom is 0.317 e. The summed E-state index contributed by atoms with van der Waals surface area (Å²) in [4.78, 5) is 18.7. The lowest BCUT2D eigenvalue weighted by Crippen LogP contribution is -2.46. The number of nitrogens with zero attached hydrogens (tertiary/aromatic N) is 2. The number of carbonyl (C=O) groups is 1. The number of aryl methyl sites for hydroxylation is 2. The second-order valence-electron chi connectivity index (χ2n) is 8.49. The minimum absolute atomic E-state index is 0.0331. The van der Waals surface area contributed by atoms with Gasteiger partial charge in [-0.15, -0.1) is 0 Å². The van der Waals surface area contributed by atoms with Crippen molar-refractivity contribution >= 4 is 6.03 Å². The largest absolute Gasteiger partial charge is 0.490 e. The molecule has 0 radical (unpaired) electrons. The highest BCUT2D eigenvalue weighted by molar-refractivity contribution is 5.74. The average Bonchev–Trinajstić information content (AvgIpc) is 3.59. The van der Waals surface area contributed by atoms with Crippen molar-refractivity contribution in [1.82, 2.24) is 15.2 Å². The number of rotatable bonds is 7. The number of hydrogen-bond donors (Lipinski definition) is 1. The molecular formula is C24H31N3O3. The first kappa shape index (κ1) is 20.5. The highest BCUT2D eigenvalue weighted by atomic mass is 16.5. The number of carbonyl (C=O) groups excluding carboxylic acids is 1. The third-order valence-electron chi connectivity index (χ3n) is 5.77. The molecule has 6 nitrogen and oxygen atoms in total. The molecule has 2 fully saturated rings. The van der Waals surface area contributed by atoms with Crippen molar-refractivity contribution in [2.45, 2.75) is 52.2 Å². The van der Waals surface area contributed by atoms with Crippen LogP contribution in [-0.2, 0) is 6.54 Å². The first-order valence-electron chi connectivity index (χ1n) is 10.9. The molecule has 2 aliphatic rings. The van der Waals surface area contributed by atoms with Crippen LogP contribution < -0.4 is 14.8 Å². The fourth-order valence-corrected chi connectivity index (χ4v) is 3.57. The fourth-order valence-electron chi connectivity index (χ4n) is 3.57. The standard InChI is InChI=1S/C24H31N3O3/c1-17-3-4-18(2)22(13-17)30-21-9-11-27(12-10-21)24(28)26-15-20-7-8-23(25-14-20)29-16-19-5-6-19/h3-4,7-8,13-14,19,21H,5-6,9-12,15-16H2,1-2H3,(H,26,28). The molecular weight excluding hydrogens is 378 g/mol. The second-order valence-corrected chi connectivity index (χ2v) is 8.49. The molecule has 0 atom stereocenters. The lowest BCUT2D eigenvalue weighted by molar-refractivity contribution is 0.110. The first-order chi connectivity index (χ1) is 14.6. The monoisotopic (exact) mass is 409 g/mol. The lowest BCUT2D eigenvalue weighted by Gasteiger charge is -2.32. The highest BCUT2D eigenvalue weighted by Crippen LogP contribution is 2.29. The third kappa shape index (κ3) is 5.65. The Morgan fingerprint density at radius 2 is 1.93 bits per heavy atom. The molecule has 1 aliphatic heterocycles. The smallest absolute Gasteiger partial charge is 0.317 e. The van der Waals surface area contributed by atoms with Gasteiger partial charge in [0.15, 0.2) is 0 Å². The SMILES string of the molecule is Cc1ccc(C)c(OC2CCN(C(=O)NCc3ccc(OCC4CC4)nc3)CC2)c1. The van der Waals surface area contributed by atoms with Crippen LogP contribution in [-0.4, -0.2) is 41.7 Å². The Bertz CT molecular complexity index is 856. The summed E-state index contributed by atoms with van der Waals surface area (Å²) < 4.78 is 11.8. The molecule has 160 valence electrons. The minimum Gasteiger partial charge on any atom is -0.490 e. The third-order valence-corrected chi connectivity index (χ3v) is 5.77. The number of hydrogen-bond acceptors (Lipinski definition) is 4. The summed E-state index contributed by atoms with van der Waals surface area (Å²) in [5.41, 5.74) is 3.32. The van der Waals surface area contributed by atoms with Gasteiger partial charge in [-0.3, -0.25) is 0 Å². The average molecular weight is 410 g/mol. The van der Waals surface area contributed by atoms with Gasteiger partial charge in [0.05, 0.1) is 6.61 Å². The molecule has 1 N–H and O–H groups in total. The minimum atomic E-state index is -0.0331. The van der Waals surface area contributed by atoms with Gasteiger partial charge in [-0.1, -0.05) is 18.2 Å². The summed E-state index contributed by atoms with van der Waals surface area (Å²) in [6.07, 6.45) is 6.14. The van der Waals surface area contributed by atoms with Crippen LogP contribution in [0.25, 0.3) is 0 Å². The Balaban J connectivity index is 1.19. The molecule has 2 heterocycles. The Kier molecular flexibility index (Phi) is 6.41. The number of amides is 2. The Labute approximate surface area is 178 Å². The summed E-state index contributed by atoms with van der Waals surface area (Å²) in [6.45, 7) is 6.77. The molecule has 0 spiro atoms. The molecule has 1 aliphatic carbocycles. The molecule has 1 aromatic carbocycles. The predicted molar refractivity (Wildman–Crippen MR) is 116 cm³/mol. The van der Waals surface area contributed by atoms with Crippen LogP contribution in [0.2, 0.25) is 0 Å². The van der Waals surface area contributed by atoms with Crippen molar-refractivity contribution in [2.24, 2.45) is 5.92 Å². The van der Waals surface area contributed by atoms with E-state index in [4.69, 9.17) is 9.47 Å². The number of pyridine rings is 1. The molecule has 30 heavy (non-hydrogen) atoms. The van der Waals surface area contributed by atoms with Gasteiger partial charge in [0.2, 0.25) is 5.88 Å². The van der Waals surface area contributed by atoms with Crippen LogP contribution in [0.1, 0.15) is 42.4 Å². The zero-order valence-corrected chi connectivity index (χ0v) is 17.9. The van der Waals surface area contributed by atoms with E-state index in [2.05, 4.69) is 42.3 Å². The number of benzene rings is 1. The second kappa shape index (κ2) is 9.37. The number of aromatic nitrogens is 1. The van der Waals surface area contributed by atoms with Crippen LogP contribution in [0, 0.1) is 19.8 Å². The zero-order valence-electron chi connectivity index (χ0n) is 17.9. The molecule has 0 bridgehead atoms. The Morgan fingerprint density at radius 3 is 2.63 bits per heavy atom. The molecule has 2 amide bonds. The van der Waals surface area contributed by atoms with E-state index in [9.17, 15) is 4.79 Å². The Hall–Kier alpha value is -2.76. The van der Waals surface area contributed by atoms with Gasteiger partial charge in [-0.2, -0.15) is 0 Å². The lowest BCUT2D eigenvalue weighted by atomic mass is 10.1. The van der Waals surface area contributed by atoms with Crippen LogP contribution >= 0.6 is 0 Å². The van der Waals surface area contributed by atoms with Crippen LogP contribution in [0.4, 0.5) is 4.79 Å². The number of likely N-dealkylation sites (tertiary alicyclic amines) is 1. The van der Waals surface area contributed by atoms with Crippen molar-refractivity contribution in [3.63, 3.8) is 0 Å². The molecule has 1 saturated carbocycles. The van der Waals surface area contributed by atoms with E-state index in [1.54, 1.807) is 6.20 Å². The van der Waals surface area contributed by atoms with Crippen molar-refractivity contribution in [3.05, 3.63) is 53.2 Å². The maximum absolute atomic E-state index is 12.5. The van der Waals surface area contributed by atoms with Crippen molar-refractivity contribution < 1.29 is 14.3 Å². The topological polar surface area (TPSA) is 63.7 Å². The van der Waals surface area contributed by atoms with E-state index in [0.717, 1.165) is 36.3 Å². The molecule has 6 heteroatoms. The summed E-state index contributed by atoms with van der Waals surface area (Å²) in [5, 5.41) is 2.99. The molecule has 4 rings (SSSR count). The van der Waals surface area contributed by atoms with E-state index >= 15 is 0 Å². The van der Waals surface area contributed by atoms with E-state index < -0.39 is 0 Å². The number of urea groups is 1. The van der Waals surface area contributed by atoms with Gasteiger partial charge in [0, 0.05) is 44.7 Å².